The first kappa shape index (κ1) is 14.7. The molecular weight excluding hydrogens is 256 g/mol. The van der Waals surface area contributed by atoms with Crippen molar-refractivity contribution in [3.8, 4) is 0 Å². The van der Waals surface area contributed by atoms with Crippen molar-refractivity contribution in [3.63, 3.8) is 0 Å². The first-order valence-corrected chi connectivity index (χ1v) is 6.89. The molecule has 0 amide bonds. The second-order valence-corrected chi connectivity index (χ2v) is 5.29. The molecule has 2 aliphatic carbocycles. The number of carbonyl (C=O) groups is 1. The van der Waals surface area contributed by atoms with Gasteiger partial charge in [-0.1, -0.05) is 0 Å². The van der Waals surface area contributed by atoms with Crippen molar-refractivity contribution in [1.29, 1.82) is 0 Å². The first-order valence-electron chi connectivity index (χ1n) is 6.89. The third kappa shape index (κ3) is 3.86. The molecular formula is C13H21F2NO3. The monoisotopic (exact) mass is 277 g/mol. The van der Waals surface area contributed by atoms with E-state index in [9.17, 15) is 13.6 Å². The van der Waals surface area contributed by atoms with E-state index in [2.05, 4.69) is 5.32 Å². The molecule has 0 spiro atoms. The van der Waals surface area contributed by atoms with Crippen molar-refractivity contribution in [1.82, 2.24) is 5.32 Å². The van der Waals surface area contributed by atoms with Gasteiger partial charge in [-0.05, 0) is 38.5 Å². The predicted octanol–water partition coefficient (Wildman–Crippen LogP) is 1.73. The summed E-state index contributed by atoms with van der Waals surface area (Å²) >= 11 is 0. The molecule has 2 fully saturated rings. The summed E-state index contributed by atoms with van der Waals surface area (Å²) in [6, 6.07) is 0.292. The van der Waals surface area contributed by atoms with Crippen LogP contribution in [0.5, 0.6) is 0 Å². The number of ether oxygens (including phenoxy) is 2. The van der Waals surface area contributed by atoms with Gasteiger partial charge in [-0.25, -0.2) is 13.6 Å². The fourth-order valence-corrected chi connectivity index (χ4v) is 2.30. The Morgan fingerprint density at radius 2 is 2.05 bits per heavy atom. The third-order valence-electron chi connectivity index (χ3n) is 3.53. The van der Waals surface area contributed by atoms with Crippen molar-refractivity contribution in [3.05, 3.63) is 0 Å². The Morgan fingerprint density at radius 3 is 2.53 bits per heavy atom. The van der Waals surface area contributed by atoms with Gasteiger partial charge in [0, 0.05) is 6.04 Å². The molecule has 1 N–H and O–H groups in total. The van der Waals surface area contributed by atoms with Gasteiger partial charge in [0.1, 0.15) is 12.1 Å². The van der Waals surface area contributed by atoms with Crippen molar-refractivity contribution in [2.75, 3.05) is 19.8 Å². The van der Waals surface area contributed by atoms with Gasteiger partial charge in [0.15, 0.2) is 0 Å². The summed E-state index contributed by atoms with van der Waals surface area (Å²) in [7, 11) is 0. The number of carbonyl (C=O) groups excluding carboxylic acids is 1. The van der Waals surface area contributed by atoms with Crippen LogP contribution in [0.25, 0.3) is 0 Å². The Labute approximate surface area is 111 Å². The Hall–Kier alpha value is -0.750. The van der Waals surface area contributed by atoms with E-state index >= 15 is 0 Å². The lowest BCUT2D eigenvalue weighted by Crippen LogP contribution is -2.59. The average Bonchev–Trinajstić information content (AvgIpc) is 3.21. The maximum atomic E-state index is 12.2. The van der Waals surface area contributed by atoms with Crippen LogP contribution in [0.2, 0.25) is 0 Å². The molecule has 0 saturated heterocycles. The zero-order valence-corrected chi connectivity index (χ0v) is 11.2. The zero-order chi connectivity index (χ0) is 13.9. The van der Waals surface area contributed by atoms with Gasteiger partial charge in [-0.2, -0.15) is 0 Å². The molecule has 2 rings (SSSR count). The van der Waals surface area contributed by atoms with Crippen molar-refractivity contribution >= 4 is 5.97 Å². The number of alkyl halides is 2. The Kier molecular flexibility index (Phi) is 4.73. The number of hydrogen-bond acceptors (Lipinski definition) is 4. The van der Waals surface area contributed by atoms with E-state index in [0.717, 1.165) is 25.7 Å². The molecule has 0 radical (unpaired) electrons. The standard InChI is InChI=1S/C13H21F2NO3/c1-2-19-12(17)13(9-3-4-9,16-10-5-6-10)8-18-7-11(14)15/h9-11,16H,2-8H2,1H3. The van der Waals surface area contributed by atoms with E-state index in [-0.39, 0.29) is 25.1 Å². The SMILES string of the molecule is CCOC(=O)C(COCC(F)F)(NC1CC1)C1CC1. The molecule has 0 aromatic carbocycles. The second kappa shape index (κ2) is 6.13. The van der Waals surface area contributed by atoms with Gasteiger partial charge < -0.3 is 9.47 Å². The van der Waals surface area contributed by atoms with Crippen molar-refractivity contribution < 1.29 is 23.0 Å². The van der Waals surface area contributed by atoms with E-state index in [1.807, 2.05) is 0 Å². The second-order valence-electron chi connectivity index (χ2n) is 5.29. The molecule has 0 aromatic heterocycles. The van der Waals surface area contributed by atoms with Gasteiger partial charge in [-0.15, -0.1) is 0 Å². The average molecular weight is 277 g/mol. The van der Waals surface area contributed by atoms with Crippen molar-refractivity contribution in [2.45, 2.75) is 50.6 Å². The summed E-state index contributed by atoms with van der Waals surface area (Å²) in [6.07, 6.45) is 1.35. The van der Waals surface area contributed by atoms with Gasteiger partial charge in [-0.3, -0.25) is 5.32 Å². The summed E-state index contributed by atoms with van der Waals surface area (Å²) in [4.78, 5) is 12.2. The van der Waals surface area contributed by atoms with E-state index in [4.69, 9.17) is 9.47 Å². The van der Waals surface area contributed by atoms with Gasteiger partial charge >= 0.3 is 5.97 Å². The molecule has 1 unspecified atom stereocenters. The highest BCUT2D eigenvalue weighted by Gasteiger charge is 2.54. The van der Waals surface area contributed by atoms with Crippen LogP contribution in [0.1, 0.15) is 32.6 Å². The molecule has 1 atom stereocenters. The van der Waals surface area contributed by atoms with Gasteiger partial charge in [0.25, 0.3) is 6.43 Å². The maximum Gasteiger partial charge on any atom is 0.329 e. The minimum atomic E-state index is -2.51. The third-order valence-corrected chi connectivity index (χ3v) is 3.53. The quantitative estimate of drug-likeness (QED) is 0.652. The first-order chi connectivity index (χ1) is 9.08. The topological polar surface area (TPSA) is 47.6 Å². The van der Waals surface area contributed by atoms with E-state index in [1.165, 1.54) is 0 Å². The van der Waals surface area contributed by atoms with Crippen molar-refractivity contribution in [2.24, 2.45) is 5.92 Å². The highest BCUT2D eigenvalue weighted by Crippen LogP contribution is 2.42. The molecule has 19 heavy (non-hydrogen) atoms. The van der Waals surface area contributed by atoms with Crippen LogP contribution in [-0.4, -0.2) is 43.8 Å². The van der Waals surface area contributed by atoms with Crippen LogP contribution in [0, 0.1) is 5.92 Å². The number of halogens is 2. The Bertz CT molecular complexity index is 319. The summed E-state index contributed by atoms with van der Waals surface area (Å²) in [5, 5.41) is 3.28. The molecule has 0 aliphatic heterocycles. The van der Waals surface area contributed by atoms with Crippen LogP contribution in [-0.2, 0) is 14.3 Å². The smallest absolute Gasteiger partial charge is 0.329 e. The summed E-state index contributed by atoms with van der Waals surface area (Å²) in [5.74, 6) is -0.219. The minimum Gasteiger partial charge on any atom is -0.465 e. The number of nitrogens with one attached hydrogen (secondary N) is 1. The maximum absolute atomic E-state index is 12.2. The lowest BCUT2D eigenvalue weighted by molar-refractivity contribution is -0.156. The molecule has 0 heterocycles. The van der Waals surface area contributed by atoms with E-state index in [1.54, 1.807) is 6.92 Å². The highest BCUT2D eigenvalue weighted by molar-refractivity contribution is 5.82. The molecule has 2 aliphatic rings. The largest absolute Gasteiger partial charge is 0.465 e. The number of rotatable bonds is 9. The number of esters is 1. The lowest BCUT2D eigenvalue weighted by Gasteiger charge is -2.32. The van der Waals surface area contributed by atoms with Gasteiger partial charge in [0.05, 0.1) is 13.2 Å². The van der Waals surface area contributed by atoms with Gasteiger partial charge in [0.2, 0.25) is 0 Å². The Morgan fingerprint density at radius 1 is 1.37 bits per heavy atom. The normalized spacial score (nSPS) is 22.3. The Balaban J connectivity index is 2.01. The molecule has 0 aromatic rings. The fourth-order valence-electron chi connectivity index (χ4n) is 2.30. The van der Waals surface area contributed by atoms with E-state index < -0.39 is 18.6 Å². The summed E-state index contributed by atoms with van der Waals surface area (Å²) in [5.41, 5.74) is -0.925. The predicted molar refractivity (Wildman–Crippen MR) is 65.1 cm³/mol. The van der Waals surface area contributed by atoms with Crippen LogP contribution in [0.3, 0.4) is 0 Å². The minimum absolute atomic E-state index is 0.0304. The molecule has 2 saturated carbocycles. The zero-order valence-electron chi connectivity index (χ0n) is 11.2. The summed E-state index contributed by atoms with van der Waals surface area (Å²) < 4.78 is 34.5. The molecule has 4 nitrogen and oxygen atoms in total. The van der Waals surface area contributed by atoms with Crippen LogP contribution >= 0.6 is 0 Å². The molecule has 0 bridgehead atoms. The van der Waals surface area contributed by atoms with Crippen LogP contribution < -0.4 is 5.32 Å². The van der Waals surface area contributed by atoms with E-state index in [0.29, 0.717) is 6.04 Å². The van der Waals surface area contributed by atoms with Crippen LogP contribution in [0.15, 0.2) is 0 Å². The summed E-state index contributed by atoms with van der Waals surface area (Å²) in [6.45, 7) is 1.36. The number of hydrogen-bond donors (Lipinski definition) is 1. The molecule has 6 heteroatoms. The molecule has 110 valence electrons. The highest BCUT2D eigenvalue weighted by atomic mass is 19.3. The fraction of sp³-hybridized carbons (Fsp3) is 0.923. The lowest BCUT2D eigenvalue weighted by atomic mass is 9.93. The van der Waals surface area contributed by atoms with Crippen LogP contribution in [0.4, 0.5) is 8.78 Å².